The summed E-state index contributed by atoms with van der Waals surface area (Å²) in [5.41, 5.74) is 6.93. The largest absolute Gasteiger partial charge is 0.493 e. The monoisotopic (exact) mass is 376 g/mol. The number of nitrogens with two attached hydrogens (primary N) is 1. The van der Waals surface area contributed by atoms with E-state index in [1.165, 1.54) is 33.8 Å². The van der Waals surface area contributed by atoms with Gasteiger partial charge in [-0.3, -0.25) is 4.79 Å². The normalized spacial score (nSPS) is 26.8. The molecule has 0 aromatic heterocycles. The lowest BCUT2D eigenvalue weighted by Gasteiger charge is -2.43. The van der Waals surface area contributed by atoms with E-state index in [0.717, 1.165) is 25.7 Å². The molecule has 1 amide bonds. The number of amides is 1. The standard InChI is InChI=1S/C20H28N2O5/c1-25-16-9-14(20(24)27-3)15(10-17(16)26-2)22-19(23)13-7-11-5-4-6-12(8-13)18(11)21/h9-13,18H,4-8,21H2,1-3H3,(H,22,23). The van der Waals surface area contributed by atoms with Crippen LogP contribution in [0.4, 0.5) is 5.69 Å². The molecule has 0 radical (unpaired) electrons. The van der Waals surface area contributed by atoms with Gasteiger partial charge >= 0.3 is 5.97 Å². The van der Waals surface area contributed by atoms with E-state index in [4.69, 9.17) is 19.9 Å². The van der Waals surface area contributed by atoms with Crippen LogP contribution in [0, 0.1) is 17.8 Å². The van der Waals surface area contributed by atoms with Gasteiger partial charge < -0.3 is 25.3 Å². The molecule has 3 rings (SSSR count). The summed E-state index contributed by atoms with van der Waals surface area (Å²) in [6, 6.07) is 3.32. The van der Waals surface area contributed by atoms with E-state index >= 15 is 0 Å². The zero-order valence-corrected chi connectivity index (χ0v) is 16.1. The molecule has 2 saturated carbocycles. The van der Waals surface area contributed by atoms with Gasteiger partial charge in [-0.25, -0.2) is 4.79 Å². The number of nitrogens with one attached hydrogen (secondary N) is 1. The first-order valence-corrected chi connectivity index (χ1v) is 9.39. The molecule has 7 nitrogen and oxygen atoms in total. The maximum atomic E-state index is 12.9. The van der Waals surface area contributed by atoms with Crippen LogP contribution in [0.2, 0.25) is 0 Å². The summed E-state index contributed by atoms with van der Waals surface area (Å²) in [7, 11) is 4.29. The van der Waals surface area contributed by atoms with E-state index in [9.17, 15) is 9.59 Å². The lowest BCUT2D eigenvalue weighted by molar-refractivity contribution is -0.122. The Bertz CT molecular complexity index is 707. The first-order valence-electron chi connectivity index (χ1n) is 9.39. The van der Waals surface area contributed by atoms with E-state index in [1.54, 1.807) is 6.07 Å². The van der Waals surface area contributed by atoms with Gasteiger partial charge in [0.1, 0.15) is 0 Å². The Morgan fingerprint density at radius 2 is 1.63 bits per heavy atom. The van der Waals surface area contributed by atoms with E-state index < -0.39 is 5.97 Å². The van der Waals surface area contributed by atoms with Gasteiger partial charge in [-0.15, -0.1) is 0 Å². The Balaban J connectivity index is 1.83. The molecule has 1 aromatic carbocycles. The molecular weight excluding hydrogens is 348 g/mol. The number of carbonyl (C=O) groups excluding carboxylic acids is 2. The maximum absolute atomic E-state index is 12.9. The van der Waals surface area contributed by atoms with Crippen LogP contribution in [0.15, 0.2) is 12.1 Å². The van der Waals surface area contributed by atoms with Crippen LogP contribution in [0.5, 0.6) is 11.5 Å². The Labute approximate surface area is 159 Å². The minimum atomic E-state index is -0.547. The molecule has 2 unspecified atom stereocenters. The second kappa shape index (κ2) is 8.17. The van der Waals surface area contributed by atoms with Crippen molar-refractivity contribution in [3.8, 4) is 11.5 Å². The number of hydrogen-bond acceptors (Lipinski definition) is 6. The zero-order valence-electron chi connectivity index (χ0n) is 16.1. The van der Waals surface area contributed by atoms with Crippen molar-refractivity contribution in [2.24, 2.45) is 23.5 Å². The molecular formula is C20H28N2O5. The highest BCUT2D eigenvalue weighted by Gasteiger charge is 2.40. The van der Waals surface area contributed by atoms with Gasteiger partial charge in [0.25, 0.3) is 0 Å². The van der Waals surface area contributed by atoms with Crippen LogP contribution >= 0.6 is 0 Å². The van der Waals surface area contributed by atoms with Crippen molar-refractivity contribution in [3.05, 3.63) is 17.7 Å². The lowest BCUT2D eigenvalue weighted by atomic mass is 9.65. The summed E-state index contributed by atoms with van der Waals surface area (Å²) in [5, 5.41) is 2.91. The third-order valence-corrected chi connectivity index (χ3v) is 5.97. The highest BCUT2D eigenvalue weighted by atomic mass is 16.5. The Hall–Kier alpha value is -2.28. The molecule has 148 valence electrons. The summed E-state index contributed by atoms with van der Waals surface area (Å²) >= 11 is 0. The fourth-order valence-corrected chi connectivity index (χ4v) is 4.50. The van der Waals surface area contributed by atoms with E-state index in [2.05, 4.69) is 5.32 Å². The van der Waals surface area contributed by atoms with Gasteiger partial charge in [-0.1, -0.05) is 6.42 Å². The summed E-state index contributed by atoms with van der Waals surface area (Å²) in [6.07, 6.45) is 4.96. The van der Waals surface area contributed by atoms with Crippen LogP contribution < -0.4 is 20.5 Å². The summed E-state index contributed by atoms with van der Waals surface area (Å²) in [6.45, 7) is 0. The van der Waals surface area contributed by atoms with E-state index in [-0.39, 0.29) is 23.4 Å². The van der Waals surface area contributed by atoms with Crippen LogP contribution in [-0.2, 0) is 9.53 Å². The highest BCUT2D eigenvalue weighted by molar-refractivity contribution is 6.02. The van der Waals surface area contributed by atoms with Crippen molar-refractivity contribution < 1.29 is 23.8 Å². The van der Waals surface area contributed by atoms with Gasteiger partial charge in [0, 0.05) is 24.1 Å². The van der Waals surface area contributed by atoms with E-state index in [1.807, 2.05) is 0 Å². The Morgan fingerprint density at radius 3 is 2.19 bits per heavy atom. The molecule has 0 aliphatic heterocycles. The smallest absolute Gasteiger partial charge is 0.340 e. The summed E-state index contributed by atoms with van der Waals surface area (Å²) < 4.78 is 15.4. The predicted molar refractivity (Wildman–Crippen MR) is 101 cm³/mol. The number of ether oxygens (including phenoxy) is 3. The number of fused-ring (bicyclic) bond motifs is 2. The van der Waals surface area contributed by atoms with Crippen molar-refractivity contribution in [2.45, 2.75) is 38.1 Å². The zero-order chi connectivity index (χ0) is 19.6. The maximum Gasteiger partial charge on any atom is 0.340 e. The highest BCUT2D eigenvalue weighted by Crippen LogP contribution is 2.42. The molecule has 2 bridgehead atoms. The lowest BCUT2D eigenvalue weighted by Crippen LogP contribution is -2.48. The average Bonchev–Trinajstić information content (AvgIpc) is 2.66. The number of rotatable bonds is 5. The molecule has 2 aliphatic rings. The molecule has 0 spiro atoms. The molecule has 3 N–H and O–H groups in total. The van der Waals surface area contributed by atoms with Crippen molar-refractivity contribution in [2.75, 3.05) is 26.6 Å². The number of carbonyl (C=O) groups is 2. The van der Waals surface area contributed by atoms with Crippen molar-refractivity contribution in [1.29, 1.82) is 0 Å². The third kappa shape index (κ3) is 3.88. The first-order chi connectivity index (χ1) is 13.0. The average molecular weight is 376 g/mol. The summed E-state index contributed by atoms with van der Waals surface area (Å²) in [4.78, 5) is 25.1. The molecule has 0 heterocycles. The number of methoxy groups -OCH3 is 3. The molecule has 1 aromatic rings. The Morgan fingerprint density at radius 1 is 1.04 bits per heavy atom. The molecule has 7 heteroatoms. The molecule has 2 aliphatic carbocycles. The first kappa shape index (κ1) is 19.5. The molecule has 2 fully saturated rings. The van der Waals surface area contributed by atoms with Crippen LogP contribution in [0.25, 0.3) is 0 Å². The minimum Gasteiger partial charge on any atom is -0.493 e. The second-order valence-electron chi connectivity index (χ2n) is 7.43. The van der Waals surface area contributed by atoms with Gasteiger partial charge in [0.15, 0.2) is 11.5 Å². The van der Waals surface area contributed by atoms with Gasteiger partial charge in [-0.2, -0.15) is 0 Å². The fraction of sp³-hybridized carbons (Fsp3) is 0.600. The van der Waals surface area contributed by atoms with Gasteiger partial charge in [0.2, 0.25) is 5.91 Å². The third-order valence-electron chi connectivity index (χ3n) is 5.97. The number of hydrogen-bond donors (Lipinski definition) is 2. The van der Waals surface area contributed by atoms with Crippen molar-refractivity contribution in [1.82, 2.24) is 0 Å². The van der Waals surface area contributed by atoms with Crippen LogP contribution in [0.1, 0.15) is 42.5 Å². The fourth-order valence-electron chi connectivity index (χ4n) is 4.50. The number of anilines is 1. The van der Waals surface area contributed by atoms with Gasteiger partial charge in [-0.05, 0) is 37.5 Å². The Kier molecular flexibility index (Phi) is 5.89. The van der Waals surface area contributed by atoms with Crippen LogP contribution in [-0.4, -0.2) is 39.2 Å². The topological polar surface area (TPSA) is 99.9 Å². The number of esters is 1. The molecule has 27 heavy (non-hydrogen) atoms. The van der Waals surface area contributed by atoms with Crippen molar-refractivity contribution in [3.63, 3.8) is 0 Å². The van der Waals surface area contributed by atoms with Crippen LogP contribution in [0.3, 0.4) is 0 Å². The van der Waals surface area contributed by atoms with Crippen molar-refractivity contribution >= 4 is 17.6 Å². The number of benzene rings is 1. The second-order valence-corrected chi connectivity index (χ2v) is 7.43. The predicted octanol–water partition coefficient (Wildman–Crippen LogP) is 2.58. The van der Waals surface area contributed by atoms with E-state index in [0.29, 0.717) is 29.0 Å². The molecule has 0 saturated heterocycles. The van der Waals surface area contributed by atoms with Gasteiger partial charge in [0.05, 0.1) is 32.6 Å². The summed E-state index contributed by atoms with van der Waals surface area (Å²) in [5.74, 6) is 0.901. The quantitative estimate of drug-likeness (QED) is 0.766. The minimum absolute atomic E-state index is 0.0869. The SMILES string of the molecule is COC(=O)c1cc(OC)c(OC)cc1NC(=O)C1CC2CCCC(C1)C2N. The molecule has 2 atom stereocenters.